The first-order chi connectivity index (χ1) is 9.30. The molecule has 0 atom stereocenters. The lowest BCUT2D eigenvalue weighted by atomic mass is 10.3. The number of sulfonamides is 1. The first-order valence-corrected chi connectivity index (χ1v) is 8.05. The maximum Gasteiger partial charge on any atom is 0.245 e. The Hall–Kier alpha value is -1.51. The highest BCUT2D eigenvalue weighted by atomic mass is 32.2. The van der Waals surface area contributed by atoms with Gasteiger partial charge in [-0.3, -0.25) is 0 Å². The van der Waals surface area contributed by atoms with E-state index in [0.29, 0.717) is 5.69 Å². The van der Waals surface area contributed by atoms with E-state index >= 15 is 0 Å². The lowest BCUT2D eigenvalue weighted by molar-refractivity contribution is 0.462. The molecule has 2 N–H and O–H groups in total. The number of anilines is 1. The molecule has 0 fully saturated rings. The largest absolute Gasteiger partial charge is 0.398 e. The molecule has 1 aromatic heterocycles. The van der Waals surface area contributed by atoms with Gasteiger partial charge in [-0.1, -0.05) is 0 Å². The summed E-state index contributed by atoms with van der Waals surface area (Å²) in [7, 11) is -2.44. The Morgan fingerprint density at radius 2 is 2.15 bits per heavy atom. The molecule has 2 rings (SSSR count). The smallest absolute Gasteiger partial charge is 0.245 e. The fourth-order valence-corrected chi connectivity index (χ4v) is 3.56. The number of hydrogen-bond acceptors (Lipinski definition) is 5. The Labute approximate surface area is 120 Å². The minimum atomic E-state index is -3.85. The third kappa shape index (κ3) is 2.97. The topological polar surface area (TPSA) is 76.3 Å². The number of aromatic nitrogens is 1. The number of hydrogen-bond donors (Lipinski definition) is 1. The van der Waals surface area contributed by atoms with Gasteiger partial charge in [0.15, 0.2) is 0 Å². The predicted octanol–water partition coefficient (Wildman–Crippen LogP) is 1.99. The average molecular weight is 315 g/mol. The molecule has 0 spiro atoms. The van der Waals surface area contributed by atoms with Crippen molar-refractivity contribution in [3.05, 3.63) is 40.1 Å². The van der Waals surface area contributed by atoms with E-state index in [4.69, 9.17) is 5.73 Å². The number of benzene rings is 1. The van der Waals surface area contributed by atoms with Crippen LogP contribution >= 0.6 is 11.3 Å². The van der Waals surface area contributed by atoms with Gasteiger partial charge in [0.25, 0.3) is 0 Å². The zero-order valence-electron chi connectivity index (χ0n) is 11.0. The van der Waals surface area contributed by atoms with Crippen LogP contribution < -0.4 is 5.73 Å². The molecule has 0 radical (unpaired) electrons. The Balaban J connectivity index is 2.32. The summed E-state index contributed by atoms with van der Waals surface area (Å²) in [6.07, 6.45) is 0. The fraction of sp³-hybridized carbons (Fsp3) is 0.250. The quantitative estimate of drug-likeness (QED) is 0.876. The van der Waals surface area contributed by atoms with E-state index < -0.39 is 15.8 Å². The number of nitrogen functional groups attached to an aromatic ring is 1. The van der Waals surface area contributed by atoms with E-state index in [1.165, 1.54) is 24.5 Å². The number of nitrogens with zero attached hydrogens (tertiary/aromatic N) is 2. The van der Waals surface area contributed by atoms with Crippen LogP contribution in [0.25, 0.3) is 0 Å². The molecule has 0 saturated heterocycles. The van der Waals surface area contributed by atoms with Crippen LogP contribution in [0.5, 0.6) is 0 Å². The second-order valence-corrected chi connectivity index (χ2v) is 7.38. The van der Waals surface area contributed by atoms with Gasteiger partial charge in [-0.15, -0.1) is 11.3 Å². The molecule has 2 aromatic rings. The lowest BCUT2D eigenvalue weighted by Gasteiger charge is -2.17. The number of rotatable bonds is 4. The highest BCUT2D eigenvalue weighted by molar-refractivity contribution is 7.89. The first-order valence-electron chi connectivity index (χ1n) is 5.73. The van der Waals surface area contributed by atoms with E-state index in [1.54, 1.807) is 5.38 Å². The summed E-state index contributed by atoms with van der Waals surface area (Å²) in [5.41, 5.74) is 6.29. The molecule has 0 unspecified atom stereocenters. The molecule has 0 aliphatic carbocycles. The van der Waals surface area contributed by atoms with Gasteiger partial charge in [0, 0.05) is 12.4 Å². The van der Waals surface area contributed by atoms with E-state index in [-0.39, 0.29) is 17.1 Å². The molecule has 1 heterocycles. The van der Waals surface area contributed by atoms with Gasteiger partial charge in [-0.25, -0.2) is 17.8 Å². The number of nitrogens with two attached hydrogens (primary N) is 1. The SMILES string of the molecule is Cc1nc(CN(C)S(=O)(=O)c2cc(F)ccc2N)cs1. The summed E-state index contributed by atoms with van der Waals surface area (Å²) in [5.74, 6) is -0.643. The minimum Gasteiger partial charge on any atom is -0.398 e. The summed E-state index contributed by atoms with van der Waals surface area (Å²) < 4.78 is 39.1. The predicted molar refractivity (Wildman–Crippen MR) is 76.3 cm³/mol. The Morgan fingerprint density at radius 3 is 2.75 bits per heavy atom. The molecular weight excluding hydrogens is 301 g/mol. The van der Waals surface area contributed by atoms with Crippen molar-refractivity contribution < 1.29 is 12.8 Å². The molecule has 20 heavy (non-hydrogen) atoms. The molecule has 0 bridgehead atoms. The van der Waals surface area contributed by atoms with Crippen LogP contribution in [-0.2, 0) is 16.6 Å². The van der Waals surface area contributed by atoms with E-state index in [2.05, 4.69) is 4.98 Å². The van der Waals surface area contributed by atoms with Crippen molar-refractivity contribution in [2.75, 3.05) is 12.8 Å². The van der Waals surface area contributed by atoms with Crippen LogP contribution in [0, 0.1) is 12.7 Å². The normalized spacial score (nSPS) is 12.0. The summed E-state index contributed by atoms with van der Waals surface area (Å²) in [6, 6.07) is 3.29. The highest BCUT2D eigenvalue weighted by Gasteiger charge is 2.24. The summed E-state index contributed by atoms with van der Waals surface area (Å²) in [5, 5.41) is 2.65. The zero-order chi connectivity index (χ0) is 14.9. The molecule has 0 aliphatic heterocycles. The Bertz CT molecular complexity index is 728. The van der Waals surface area contributed by atoms with Crippen molar-refractivity contribution in [1.29, 1.82) is 0 Å². The monoisotopic (exact) mass is 315 g/mol. The van der Waals surface area contributed by atoms with Crippen LogP contribution in [-0.4, -0.2) is 24.8 Å². The minimum absolute atomic E-state index is 0.0210. The van der Waals surface area contributed by atoms with Gasteiger partial charge in [-0.2, -0.15) is 4.31 Å². The molecule has 0 amide bonds. The van der Waals surface area contributed by atoms with Crippen LogP contribution in [0.1, 0.15) is 10.7 Å². The maximum absolute atomic E-state index is 13.2. The van der Waals surface area contributed by atoms with Gasteiger partial charge in [0.1, 0.15) is 10.7 Å². The van der Waals surface area contributed by atoms with Crippen molar-refractivity contribution in [1.82, 2.24) is 9.29 Å². The Morgan fingerprint density at radius 1 is 1.45 bits per heavy atom. The van der Waals surface area contributed by atoms with Gasteiger partial charge in [0.05, 0.1) is 22.9 Å². The standard InChI is InChI=1S/C12H14FN3O2S2/c1-8-15-10(7-19-8)6-16(2)20(17,18)12-5-9(13)3-4-11(12)14/h3-5,7H,6,14H2,1-2H3. The first kappa shape index (κ1) is 14.9. The van der Waals surface area contributed by atoms with Crippen molar-refractivity contribution in [3.63, 3.8) is 0 Å². The van der Waals surface area contributed by atoms with E-state index in [9.17, 15) is 12.8 Å². The summed E-state index contributed by atoms with van der Waals surface area (Å²) in [6.45, 7) is 1.95. The lowest BCUT2D eigenvalue weighted by Crippen LogP contribution is -2.27. The number of thiazole rings is 1. The van der Waals surface area contributed by atoms with E-state index in [1.807, 2.05) is 6.92 Å². The molecule has 1 aromatic carbocycles. The molecule has 0 aliphatic rings. The third-order valence-electron chi connectivity index (χ3n) is 2.72. The van der Waals surface area contributed by atoms with Crippen molar-refractivity contribution in [3.8, 4) is 0 Å². The van der Waals surface area contributed by atoms with Gasteiger partial charge >= 0.3 is 0 Å². The summed E-state index contributed by atoms with van der Waals surface area (Å²) >= 11 is 1.44. The van der Waals surface area contributed by atoms with Gasteiger partial charge in [-0.05, 0) is 25.1 Å². The molecule has 5 nitrogen and oxygen atoms in total. The molecule has 0 saturated carbocycles. The second kappa shape index (κ2) is 5.47. The summed E-state index contributed by atoms with van der Waals surface area (Å²) in [4.78, 5) is 3.98. The maximum atomic E-state index is 13.2. The van der Waals surface area contributed by atoms with E-state index in [0.717, 1.165) is 21.4 Å². The van der Waals surface area contributed by atoms with Crippen LogP contribution in [0.2, 0.25) is 0 Å². The van der Waals surface area contributed by atoms with Crippen molar-refractivity contribution in [2.24, 2.45) is 0 Å². The van der Waals surface area contributed by atoms with Gasteiger partial charge in [0.2, 0.25) is 10.0 Å². The fourth-order valence-electron chi connectivity index (χ4n) is 1.69. The molecule has 108 valence electrons. The zero-order valence-corrected chi connectivity index (χ0v) is 12.6. The Kier molecular flexibility index (Phi) is 4.07. The van der Waals surface area contributed by atoms with Crippen LogP contribution in [0.4, 0.5) is 10.1 Å². The van der Waals surface area contributed by atoms with Gasteiger partial charge < -0.3 is 5.73 Å². The average Bonchev–Trinajstić information content (AvgIpc) is 2.77. The van der Waals surface area contributed by atoms with Crippen LogP contribution in [0.15, 0.2) is 28.5 Å². The number of halogens is 1. The molecular formula is C12H14FN3O2S2. The highest BCUT2D eigenvalue weighted by Crippen LogP contribution is 2.23. The van der Waals surface area contributed by atoms with Crippen molar-refractivity contribution in [2.45, 2.75) is 18.4 Å². The number of aryl methyl sites for hydroxylation is 1. The van der Waals surface area contributed by atoms with Crippen LogP contribution in [0.3, 0.4) is 0 Å². The van der Waals surface area contributed by atoms with Crippen molar-refractivity contribution >= 4 is 27.0 Å². The third-order valence-corrected chi connectivity index (χ3v) is 5.40. The molecule has 8 heteroatoms. The second-order valence-electron chi connectivity index (χ2n) is 4.30.